The van der Waals surface area contributed by atoms with E-state index >= 15 is 0 Å². The maximum Gasteiger partial charge on any atom is 0.266 e. The highest BCUT2D eigenvalue weighted by atomic mass is 79.9. The molecule has 4 rings (SSSR count). The Morgan fingerprint density at radius 1 is 1.16 bits per heavy atom. The maximum atomic E-state index is 13.8. The first kappa shape index (κ1) is 27.9. The number of aliphatic hydroxyl groups is 1. The van der Waals surface area contributed by atoms with Gasteiger partial charge >= 0.3 is 0 Å². The predicted octanol–water partition coefficient (Wildman–Crippen LogP) is 5.52. The molecule has 0 aromatic heterocycles. The van der Waals surface area contributed by atoms with Gasteiger partial charge in [-0.2, -0.15) is 0 Å². The molecule has 3 aromatic rings. The number of aliphatic hydroxyl groups excluding tert-OH is 1. The SMILES string of the molecule is C=CC[C@]1(C(=O)NNCc2ccc(Cl)cc2)N=C(c2ccc(OCCCO)cc2)O[C@H]1c1ccccc1Br. The number of amides is 1. The summed E-state index contributed by atoms with van der Waals surface area (Å²) in [6.07, 6.45) is 1.77. The minimum atomic E-state index is -1.30. The fourth-order valence-electron chi connectivity index (χ4n) is 4.14. The van der Waals surface area contributed by atoms with E-state index in [1.807, 2.05) is 60.7 Å². The van der Waals surface area contributed by atoms with Crippen LogP contribution in [0.4, 0.5) is 0 Å². The largest absolute Gasteiger partial charge is 0.494 e. The minimum Gasteiger partial charge on any atom is -0.494 e. The van der Waals surface area contributed by atoms with Crippen molar-refractivity contribution in [1.29, 1.82) is 0 Å². The Morgan fingerprint density at radius 3 is 2.58 bits per heavy atom. The Balaban J connectivity index is 1.62. The van der Waals surface area contributed by atoms with Crippen LogP contribution in [-0.4, -0.2) is 35.7 Å². The zero-order chi connectivity index (χ0) is 27.0. The second-order valence-electron chi connectivity index (χ2n) is 8.74. The van der Waals surface area contributed by atoms with Gasteiger partial charge < -0.3 is 14.6 Å². The Hall–Kier alpha value is -3.17. The number of nitrogens with one attached hydrogen (secondary N) is 2. The van der Waals surface area contributed by atoms with E-state index in [4.69, 9.17) is 31.2 Å². The molecule has 3 aromatic carbocycles. The summed E-state index contributed by atoms with van der Waals surface area (Å²) in [7, 11) is 0. The van der Waals surface area contributed by atoms with E-state index in [9.17, 15) is 4.79 Å². The van der Waals surface area contributed by atoms with Crippen molar-refractivity contribution in [2.45, 2.75) is 31.0 Å². The van der Waals surface area contributed by atoms with E-state index in [2.05, 4.69) is 33.4 Å². The molecule has 0 bridgehead atoms. The second-order valence-corrected chi connectivity index (χ2v) is 10.0. The third kappa shape index (κ3) is 6.45. The molecule has 7 nitrogen and oxygen atoms in total. The number of halogens is 2. The van der Waals surface area contributed by atoms with Crippen LogP contribution < -0.4 is 15.6 Å². The molecule has 0 aliphatic carbocycles. The number of benzene rings is 3. The van der Waals surface area contributed by atoms with Crippen LogP contribution in [0.3, 0.4) is 0 Å². The standard InChI is InChI=1S/C29H29BrClN3O4/c1-2-16-29(28(36)34-32-19-20-8-12-22(31)13-9-20)26(24-6-3-4-7-25(24)30)38-27(33-29)21-10-14-23(15-11-21)37-18-5-17-35/h2-4,6-15,26,32,35H,1,5,16-19H2,(H,34,36)/t26-,29-/m0/s1. The Kier molecular flexibility index (Phi) is 9.58. The lowest BCUT2D eigenvalue weighted by Gasteiger charge is -2.30. The van der Waals surface area contributed by atoms with Crippen LogP contribution >= 0.6 is 27.5 Å². The van der Waals surface area contributed by atoms with Crippen molar-refractivity contribution in [3.8, 4) is 5.75 Å². The normalized spacial score (nSPS) is 18.4. The Morgan fingerprint density at radius 2 is 1.89 bits per heavy atom. The molecule has 1 heterocycles. The van der Waals surface area contributed by atoms with E-state index in [0.29, 0.717) is 41.8 Å². The summed E-state index contributed by atoms with van der Waals surface area (Å²) < 4.78 is 12.9. The summed E-state index contributed by atoms with van der Waals surface area (Å²) in [6.45, 7) is 4.79. The number of ether oxygens (including phenoxy) is 2. The molecule has 3 N–H and O–H groups in total. The first-order valence-electron chi connectivity index (χ1n) is 12.2. The fraction of sp³-hybridized carbons (Fsp3) is 0.241. The average molecular weight is 599 g/mol. The molecule has 0 saturated heterocycles. The second kappa shape index (κ2) is 13.1. The van der Waals surface area contributed by atoms with Gasteiger partial charge in [0.25, 0.3) is 5.91 Å². The smallest absolute Gasteiger partial charge is 0.266 e. The lowest BCUT2D eigenvalue weighted by molar-refractivity contribution is -0.129. The summed E-state index contributed by atoms with van der Waals surface area (Å²) in [5, 5.41) is 9.61. The van der Waals surface area contributed by atoms with Crippen LogP contribution in [0, 0.1) is 0 Å². The van der Waals surface area contributed by atoms with Gasteiger partial charge in [-0.1, -0.05) is 63.9 Å². The van der Waals surface area contributed by atoms with Gasteiger partial charge in [-0.25, -0.2) is 10.4 Å². The zero-order valence-electron chi connectivity index (χ0n) is 20.7. The molecule has 0 unspecified atom stereocenters. The summed E-state index contributed by atoms with van der Waals surface area (Å²) in [5.74, 6) is 0.679. The quantitative estimate of drug-likeness (QED) is 0.145. The Bertz CT molecular complexity index is 1280. The molecule has 1 aliphatic heterocycles. The van der Waals surface area contributed by atoms with Crippen LogP contribution in [0.1, 0.15) is 35.6 Å². The third-order valence-electron chi connectivity index (χ3n) is 6.08. The number of rotatable bonds is 12. The first-order chi connectivity index (χ1) is 18.5. The van der Waals surface area contributed by atoms with Crippen molar-refractivity contribution in [1.82, 2.24) is 10.9 Å². The lowest BCUT2D eigenvalue weighted by atomic mass is 9.84. The number of hydrazine groups is 1. The minimum absolute atomic E-state index is 0.0706. The maximum absolute atomic E-state index is 13.8. The van der Waals surface area contributed by atoms with Gasteiger partial charge in [0, 0.05) is 46.6 Å². The van der Waals surface area contributed by atoms with Crippen molar-refractivity contribution in [3.05, 3.63) is 112 Å². The van der Waals surface area contributed by atoms with Crippen molar-refractivity contribution in [2.24, 2.45) is 4.99 Å². The molecule has 0 fully saturated rings. The van der Waals surface area contributed by atoms with Crippen molar-refractivity contribution < 1.29 is 19.4 Å². The predicted molar refractivity (Wildman–Crippen MR) is 152 cm³/mol. The van der Waals surface area contributed by atoms with Crippen LogP contribution in [0.25, 0.3) is 0 Å². The molecule has 2 atom stereocenters. The summed E-state index contributed by atoms with van der Waals surface area (Å²) in [6, 6.07) is 22.3. The number of nitrogens with zero attached hydrogens (tertiary/aromatic N) is 1. The van der Waals surface area contributed by atoms with Gasteiger partial charge in [-0.15, -0.1) is 6.58 Å². The van der Waals surface area contributed by atoms with Gasteiger partial charge in [0.1, 0.15) is 5.75 Å². The molecule has 0 radical (unpaired) electrons. The highest BCUT2D eigenvalue weighted by molar-refractivity contribution is 9.10. The number of aliphatic imine (C=N–C) groups is 1. The van der Waals surface area contributed by atoms with Gasteiger partial charge in [0.2, 0.25) is 5.90 Å². The van der Waals surface area contributed by atoms with Crippen molar-refractivity contribution in [2.75, 3.05) is 13.2 Å². The average Bonchev–Trinajstić information content (AvgIpc) is 3.31. The van der Waals surface area contributed by atoms with Crippen LogP contribution in [-0.2, 0) is 16.1 Å². The molecule has 198 valence electrons. The third-order valence-corrected chi connectivity index (χ3v) is 7.05. The number of carbonyl (C=O) groups excluding carboxylic acids is 1. The summed E-state index contributed by atoms with van der Waals surface area (Å²) in [4.78, 5) is 18.7. The zero-order valence-corrected chi connectivity index (χ0v) is 23.0. The summed E-state index contributed by atoms with van der Waals surface area (Å²) >= 11 is 9.59. The molecule has 9 heteroatoms. The van der Waals surface area contributed by atoms with Gasteiger partial charge in [-0.05, 0) is 48.0 Å². The Labute approximate surface area is 235 Å². The van der Waals surface area contributed by atoms with Gasteiger partial charge in [-0.3, -0.25) is 10.2 Å². The topological polar surface area (TPSA) is 92.2 Å². The monoisotopic (exact) mass is 597 g/mol. The van der Waals surface area contributed by atoms with Crippen LogP contribution in [0.15, 0.2) is 94.9 Å². The van der Waals surface area contributed by atoms with Crippen LogP contribution in [0.5, 0.6) is 5.75 Å². The van der Waals surface area contributed by atoms with Crippen molar-refractivity contribution in [3.63, 3.8) is 0 Å². The molecule has 1 amide bonds. The number of hydrogen-bond donors (Lipinski definition) is 3. The summed E-state index contributed by atoms with van der Waals surface area (Å²) in [5.41, 5.74) is 7.00. The molecule has 0 spiro atoms. The van der Waals surface area contributed by atoms with Gasteiger partial charge in [0.05, 0.1) is 6.61 Å². The van der Waals surface area contributed by atoms with E-state index in [-0.39, 0.29) is 18.9 Å². The lowest BCUT2D eigenvalue weighted by Crippen LogP contribution is -2.52. The molecule has 1 aliphatic rings. The number of hydrogen-bond acceptors (Lipinski definition) is 6. The first-order valence-corrected chi connectivity index (χ1v) is 13.4. The highest BCUT2D eigenvalue weighted by Gasteiger charge is 2.53. The van der Waals surface area contributed by atoms with Crippen molar-refractivity contribution >= 4 is 39.3 Å². The molecule has 38 heavy (non-hydrogen) atoms. The van der Waals surface area contributed by atoms with E-state index < -0.39 is 11.6 Å². The van der Waals surface area contributed by atoms with Gasteiger partial charge in [0.15, 0.2) is 11.6 Å². The van der Waals surface area contributed by atoms with E-state index in [0.717, 1.165) is 15.6 Å². The number of carbonyl (C=O) groups is 1. The molecule has 0 saturated carbocycles. The van der Waals surface area contributed by atoms with E-state index in [1.165, 1.54) is 0 Å². The van der Waals surface area contributed by atoms with E-state index in [1.54, 1.807) is 18.2 Å². The molecular formula is C29H29BrClN3O4. The molecular weight excluding hydrogens is 570 g/mol. The van der Waals surface area contributed by atoms with Crippen LogP contribution in [0.2, 0.25) is 5.02 Å². The highest BCUT2D eigenvalue weighted by Crippen LogP contribution is 2.44. The fourth-order valence-corrected chi connectivity index (χ4v) is 4.76.